The Morgan fingerprint density at radius 2 is 2.24 bits per heavy atom. The van der Waals surface area contributed by atoms with Crippen LogP contribution in [0.4, 0.5) is 10.2 Å². The quantitative estimate of drug-likeness (QED) is 0.863. The average molecular weight is 239 g/mol. The molecule has 1 fully saturated rings. The first-order valence-electron chi connectivity index (χ1n) is 5.87. The highest BCUT2D eigenvalue weighted by Gasteiger charge is 2.21. The fraction of sp³-hybridized carbons (Fsp3) is 0.583. The molecule has 0 aliphatic carbocycles. The molecule has 94 valence electrons. The molecule has 1 aliphatic heterocycles. The highest BCUT2D eigenvalue weighted by atomic mass is 19.1. The third-order valence-electron chi connectivity index (χ3n) is 3.20. The molecule has 1 aliphatic rings. The van der Waals surface area contributed by atoms with E-state index in [0.29, 0.717) is 12.6 Å². The molecule has 2 rings (SSSR count). The Labute approximate surface area is 101 Å². The molecule has 0 radical (unpaired) electrons. The van der Waals surface area contributed by atoms with Crippen molar-refractivity contribution in [2.24, 2.45) is 5.73 Å². The van der Waals surface area contributed by atoms with Crippen LogP contribution < -0.4 is 10.6 Å². The molecule has 17 heavy (non-hydrogen) atoms. The molecule has 2 N–H and O–H groups in total. The van der Waals surface area contributed by atoms with Gasteiger partial charge in [0, 0.05) is 32.3 Å². The number of nitrogens with zero attached hydrogens (tertiary/aromatic N) is 2. The fourth-order valence-corrected chi connectivity index (χ4v) is 2.21. The molecular weight excluding hydrogens is 221 g/mol. The van der Waals surface area contributed by atoms with Crippen molar-refractivity contribution < 1.29 is 9.13 Å². The summed E-state index contributed by atoms with van der Waals surface area (Å²) >= 11 is 0. The predicted octanol–water partition coefficient (Wildman–Crippen LogP) is 1.29. The Kier molecular flexibility index (Phi) is 3.91. The fourth-order valence-electron chi connectivity index (χ4n) is 2.21. The maximum absolute atomic E-state index is 13.1. The summed E-state index contributed by atoms with van der Waals surface area (Å²) in [7, 11) is 1.74. The zero-order chi connectivity index (χ0) is 12.3. The molecule has 5 heteroatoms. The van der Waals surface area contributed by atoms with Crippen LogP contribution in [0.1, 0.15) is 18.4 Å². The van der Waals surface area contributed by atoms with E-state index in [4.69, 9.17) is 10.5 Å². The van der Waals surface area contributed by atoms with Gasteiger partial charge in [-0.1, -0.05) is 0 Å². The number of ether oxygens (including phenoxy) is 1. The zero-order valence-corrected chi connectivity index (χ0v) is 10.0. The van der Waals surface area contributed by atoms with Gasteiger partial charge in [-0.25, -0.2) is 9.37 Å². The van der Waals surface area contributed by atoms with Gasteiger partial charge < -0.3 is 15.4 Å². The topological polar surface area (TPSA) is 51.4 Å². The minimum Gasteiger partial charge on any atom is -0.381 e. The van der Waals surface area contributed by atoms with Crippen molar-refractivity contribution in [1.29, 1.82) is 0 Å². The second kappa shape index (κ2) is 5.42. The number of methoxy groups -OCH3 is 1. The highest BCUT2D eigenvalue weighted by Crippen LogP contribution is 2.23. The van der Waals surface area contributed by atoms with E-state index < -0.39 is 0 Å². The summed E-state index contributed by atoms with van der Waals surface area (Å²) in [6.45, 7) is 2.07. The van der Waals surface area contributed by atoms with Crippen LogP contribution in [0.15, 0.2) is 12.3 Å². The Morgan fingerprint density at radius 3 is 2.82 bits per heavy atom. The van der Waals surface area contributed by atoms with E-state index in [-0.39, 0.29) is 5.82 Å². The smallest absolute Gasteiger partial charge is 0.141 e. The number of pyridine rings is 1. The standard InChI is InChI=1S/C12H18FN3O/c1-17-11-2-4-16(5-3-11)12-9(7-14)6-10(13)8-15-12/h6,8,11H,2-5,7,14H2,1H3. The number of halogens is 1. The number of hydrogen-bond acceptors (Lipinski definition) is 4. The lowest BCUT2D eigenvalue weighted by molar-refractivity contribution is 0.0817. The average Bonchev–Trinajstić information content (AvgIpc) is 2.39. The van der Waals surface area contributed by atoms with Crippen molar-refractivity contribution in [1.82, 2.24) is 4.98 Å². The molecule has 1 aromatic heterocycles. The molecule has 0 saturated carbocycles. The molecule has 0 amide bonds. The summed E-state index contributed by atoms with van der Waals surface area (Å²) in [5.41, 5.74) is 6.39. The summed E-state index contributed by atoms with van der Waals surface area (Å²) in [6, 6.07) is 1.46. The van der Waals surface area contributed by atoms with Gasteiger partial charge in [-0.15, -0.1) is 0 Å². The molecule has 0 spiro atoms. The number of hydrogen-bond donors (Lipinski definition) is 1. The normalized spacial score (nSPS) is 17.5. The summed E-state index contributed by atoms with van der Waals surface area (Å²) < 4.78 is 18.4. The van der Waals surface area contributed by atoms with Gasteiger partial charge in [0.05, 0.1) is 12.3 Å². The molecule has 1 saturated heterocycles. The van der Waals surface area contributed by atoms with E-state index in [2.05, 4.69) is 9.88 Å². The number of piperidine rings is 1. The van der Waals surface area contributed by atoms with E-state index in [1.54, 1.807) is 7.11 Å². The van der Waals surface area contributed by atoms with Crippen LogP contribution in [0.3, 0.4) is 0 Å². The highest BCUT2D eigenvalue weighted by molar-refractivity contribution is 5.47. The third-order valence-corrected chi connectivity index (χ3v) is 3.20. The largest absolute Gasteiger partial charge is 0.381 e. The maximum Gasteiger partial charge on any atom is 0.141 e. The Hall–Kier alpha value is -1.20. The number of rotatable bonds is 3. The second-order valence-corrected chi connectivity index (χ2v) is 4.26. The maximum atomic E-state index is 13.1. The van der Waals surface area contributed by atoms with Crippen LogP contribution in [0.25, 0.3) is 0 Å². The first-order chi connectivity index (χ1) is 8.24. The lowest BCUT2D eigenvalue weighted by Crippen LogP contribution is -2.37. The monoisotopic (exact) mass is 239 g/mol. The van der Waals surface area contributed by atoms with E-state index >= 15 is 0 Å². The molecule has 0 atom stereocenters. The lowest BCUT2D eigenvalue weighted by atomic mass is 10.1. The van der Waals surface area contributed by atoms with Crippen LogP contribution in [-0.2, 0) is 11.3 Å². The number of aromatic nitrogens is 1. The van der Waals surface area contributed by atoms with Gasteiger partial charge in [0.15, 0.2) is 0 Å². The van der Waals surface area contributed by atoms with E-state index in [1.807, 2.05) is 0 Å². The van der Waals surface area contributed by atoms with Crippen molar-refractivity contribution in [3.05, 3.63) is 23.6 Å². The van der Waals surface area contributed by atoms with E-state index in [9.17, 15) is 4.39 Å². The zero-order valence-electron chi connectivity index (χ0n) is 10.0. The van der Waals surface area contributed by atoms with Crippen molar-refractivity contribution in [3.63, 3.8) is 0 Å². The minimum absolute atomic E-state index is 0.310. The Bertz CT molecular complexity index is 378. The first kappa shape index (κ1) is 12.3. The van der Waals surface area contributed by atoms with Gasteiger partial charge in [-0.05, 0) is 18.9 Å². The predicted molar refractivity (Wildman–Crippen MR) is 64.3 cm³/mol. The van der Waals surface area contributed by atoms with Crippen molar-refractivity contribution >= 4 is 5.82 Å². The summed E-state index contributed by atoms with van der Waals surface area (Å²) in [4.78, 5) is 6.30. The number of anilines is 1. The molecular formula is C12H18FN3O. The Morgan fingerprint density at radius 1 is 1.53 bits per heavy atom. The SMILES string of the molecule is COC1CCN(c2ncc(F)cc2CN)CC1. The van der Waals surface area contributed by atoms with E-state index in [1.165, 1.54) is 12.3 Å². The molecule has 0 aromatic carbocycles. The van der Waals surface area contributed by atoms with Crippen LogP contribution >= 0.6 is 0 Å². The van der Waals surface area contributed by atoms with Gasteiger partial charge in [0.1, 0.15) is 11.6 Å². The molecule has 2 heterocycles. The van der Waals surface area contributed by atoms with Crippen molar-refractivity contribution in [2.75, 3.05) is 25.1 Å². The van der Waals surface area contributed by atoms with Gasteiger partial charge in [0.25, 0.3) is 0 Å². The van der Waals surface area contributed by atoms with Gasteiger partial charge >= 0.3 is 0 Å². The van der Waals surface area contributed by atoms with Crippen molar-refractivity contribution in [3.8, 4) is 0 Å². The minimum atomic E-state index is -0.332. The number of nitrogens with two attached hydrogens (primary N) is 1. The third kappa shape index (κ3) is 2.73. The van der Waals surface area contributed by atoms with Crippen molar-refractivity contribution in [2.45, 2.75) is 25.5 Å². The second-order valence-electron chi connectivity index (χ2n) is 4.26. The van der Waals surface area contributed by atoms with Crippen LogP contribution in [0.2, 0.25) is 0 Å². The molecule has 1 aromatic rings. The summed E-state index contributed by atoms with van der Waals surface area (Å²) in [5, 5.41) is 0. The van der Waals surface area contributed by atoms with Gasteiger partial charge in [-0.2, -0.15) is 0 Å². The Balaban J connectivity index is 2.12. The van der Waals surface area contributed by atoms with Crippen LogP contribution in [0.5, 0.6) is 0 Å². The molecule has 0 unspecified atom stereocenters. The summed E-state index contributed by atoms with van der Waals surface area (Å²) in [6.07, 6.45) is 3.52. The molecule has 4 nitrogen and oxygen atoms in total. The van der Waals surface area contributed by atoms with Crippen LogP contribution in [0, 0.1) is 5.82 Å². The molecule has 0 bridgehead atoms. The van der Waals surface area contributed by atoms with Gasteiger partial charge in [0.2, 0.25) is 0 Å². The van der Waals surface area contributed by atoms with Crippen LogP contribution in [-0.4, -0.2) is 31.3 Å². The lowest BCUT2D eigenvalue weighted by Gasteiger charge is -2.33. The first-order valence-corrected chi connectivity index (χ1v) is 5.87. The van der Waals surface area contributed by atoms with E-state index in [0.717, 1.165) is 37.3 Å². The van der Waals surface area contributed by atoms with Gasteiger partial charge in [-0.3, -0.25) is 0 Å². The summed E-state index contributed by atoms with van der Waals surface area (Å²) in [5.74, 6) is 0.476.